The van der Waals surface area contributed by atoms with E-state index in [1.807, 2.05) is 0 Å². The van der Waals surface area contributed by atoms with Crippen molar-refractivity contribution in [1.82, 2.24) is 5.32 Å². The van der Waals surface area contributed by atoms with Gasteiger partial charge in [-0.25, -0.2) is 0 Å². The number of carboxylic acid groups (broad SMARTS) is 1. The molecule has 2 rings (SSSR count). The van der Waals surface area contributed by atoms with Gasteiger partial charge in [0.1, 0.15) is 17.5 Å². The van der Waals surface area contributed by atoms with Gasteiger partial charge < -0.3 is 20.5 Å². The minimum atomic E-state index is -1.14. The number of nitro groups is 1. The number of nitro benzene ring substituents is 1. The van der Waals surface area contributed by atoms with Crippen LogP contribution in [0.2, 0.25) is 0 Å². The van der Waals surface area contributed by atoms with E-state index in [0.717, 1.165) is 25.7 Å². The highest BCUT2D eigenvalue weighted by Crippen LogP contribution is 2.29. The molecule has 3 N–H and O–H groups in total. The molecule has 1 atom stereocenters. The summed E-state index contributed by atoms with van der Waals surface area (Å²) < 4.78 is 5.24. The van der Waals surface area contributed by atoms with Gasteiger partial charge in [-0.3, -0.25) is 19.7 Å². The predicted octanol–water partition coefficient (Wildman–Crippen LogP) is 3.26. The van der Waals surface area contributed by atoms with Gasteiger partial charge in [-0.05, 0) is 57.7 Å². The number of carbonyl (C=O) groups is 2. The van der Waals surface area contributed by atoms with Crippen molar-refractivity contribution in [2.45, 2.75) is 51.5 Å². The molecule has 29 heavy (non-hydrogen) atoms. The summed E-state index contributed by atoms with van der Waals surface area (Å²) in [6.07, 6.45) is 7.03. The van der Waals surface area contributed by atoms with Gasteiger partial charge in [0.2, 0.25) is 5.91 Å². The monoisotopic (exact) mass is 405 g/mol. The number of benzene rings is 1. The molecule has 0 spiro atoms. The number of rotatable bonds is 11. The summed E-state index contributed by atoms with van der Waals surface area (Å²) in [5.41, 5.74) is 0.996. The van der Waals surface area contributed by atoms with Gasteiger partial charge in [0.15, 0.2) is 0 Å². The number of aliphatic carboxylic acids is 1. The first kappa shape index (κ1) is 22.4. The molecular formula is C20H27N3O6. The highest BCUT2D eigenvalue weighted by Gasteiger charge is 2.23. The highest BCUT2D eigenvalue weighted by molar-refractivity contribution is 5.95. The third kappa shape index (κ3) is 7.19. The van der Waals surface area contributed by atoms with Gasteiger partial charge in [-0.2, -0.15) is 0 Å². The van der Waals surface area contributed by atoms with E-state index >= 15 is 0 Å². The number of anilines is 1. The molecule has 0 fully saturated rings. The average Bonchev–Trinajstić information content (AvgIpc) is 2.69. The summed E-state index contributed by atoms with van der Waals surface area (Å²) in [4.78, 5) is 34.4. The number of carbonyl (C=O) groups excluding carboxylic acids is 1. The van der Waals surface area contributed by atoms with Crippen LogP contribution in [0.1, 0.15) is 45.4 Å². The van der Waals surface area contributed by atoms with Gasteiger partial charge in [-0.15, -0.1) is 0 Å². The quantitative estimate of drug-likeness (QED) is 0.292. The SMILES string of the molecule is CCOc1ccc(NC(=O)CC(NCCC2=CCCCC2)C(=O)O)c([N+](=O)[O-])c1. The standard InChI is InChI=1S/C20H27N3O6/c1-2-29-15-8-9-16(18(12-15)23(27)28)22-19(24)13-17(20(25)26)21-11-10-14-6-4-3-5-7-14/h6,8-9,12,17,21H,2-5,7,10-11,13H2,1H3,(H,22,24)(H,25,26). The lowest BCUT2D eigenvalue weighted by Crippen LogP contribution is -2.40. The summed E-state index contributed by atoms with van der Waals surface area (Å²) in [5, 5.41) is 26.0. The van der Waals surface area contributed by atoms with E-state index in [0.29, 0.717) is 18.9 Å². The second kappa shape index (κ2) is 11.2. The smallest absolute Gasteiger partial charge is 0.321 e. The van der Waals surface area contributed by atoms with Crippen LogP contribution in [0, 0.1) is 10.1 Å². The fourth-order valence-electron chi connectivity index (χ4n) is 3.20. The van der Waals surface area contributed by atoms with E-state index < -0.39 is 22.8 Å². The van der Waals surface area contributed by atoms with Crippen LogP contribution in [-0.4, -0.2) is 41.1 Å². The molecule has 0 aliphatic heterocycles. The minimum Gasteiger partial charge on any atom is -0.494 e. The molecule has 158 valence electrons. The van der Waals surface area contributed by atoms with Crippen molar-refractivity contribution in [3.8, 4) is 5.75 Å². The fraction of sp³-hybridized carbons (Fsp3) is 0.500. The highest BCUT2D eigenvalue weighted by atomic mass is 16.6. The van der Waals surface area contributed by atoms with Gasteiger partial charge >= 0.3 is 5.97 Å². The Hall–Kier alpha value is -2.94. The second-order valence-electron chi connectivity index (χ2n) is 6.82. The van der Waals surface area contributed by atoms with Crippen molar-refractivity contribution < 1.29 is 24.4 Å². The van der Waals surface area contributed by atoms with Crippen LogP contribution in [0.25, 0.3) is 0 Å². The number of hydrogen-bond donors (Lipinski definition) is 3. The molecule has 1 aromatic carbocycles. The number of amides is 1. The number of nitrogens with one attached hydrogen (secondary N) is 2. The fourth-order valence-corrected chi connectivity index (χ4v) is 3.20. The van der Waals surface area contributed by atoms with Crippen LogP contribution in [0.5, 0.6) is 5.75 Å². The molecule has 1 unspecified atom stereocenters. The largest absolute Gasteiger partial charge is 0.494 e. The van der Waals surface area contributed by atoms with E-state index in [-0.39, 0.29) is 17.8 Å². The number of ether oxygens (including phenoxy) is 1. The van der Waals surface area contributed by atoms with E-state index in [4.69, 9.17) is 4.74 Å². The lowest BCUT2D eigenvalue weighted by molar-refractivity contribution is -0.384. The van der Waals surface area contributed by atoms with Crippen LogP contribution in [0.3, 0.4) is 0 Å². The molecule has 9 heteroatoms. The number of nitrogens with zero attached hydrogens (tertiary/aromatic N) is 1. The molecule has 0 aromatic heterocycles. The summed E-state index contributed by atoms with van der Waals surface area (Å²) in [6.45, 7) is 2.57. The van der Waals surface area contributed by atoms with E-state index in [1.54, 1.807) is 6.92 Å². The molecule has 0 saturated heterocycles. The average molecular weight is 405 g/mol. The summed E-state index contributed by atoms with van der Waals surface area (Å²) >= 11 is 0. The normalized spacial score (nSPS) is 14.6. The van der Waals surface area contributed by atoms with Crippen molar-refractivity contribution in [1.29, 1.82) is 0 Å². The van der Waals surface area contributed by atoms with Gasteiger partial charge in [0, 0.05) is 0 Å². The van der Waals surface area contributed by atoms with E-state index in [9.17, 15) is 24.8 Å². The van der Waals surface area contributed by atoms with Gasteiger partial charge in [0.05, 0.1) is 24.0 Å². The van der Waals surface area contributed by atoms with Crippen LogP contribution in [-0.2, 0) is 9.59 Å². The third-order valence-electron chi connectivity index (χ3n) is 4.66. The zero-order chi connectivity index (χ0) is 21.2. The molecule has 0 bridgehead atoms. The predicted molar refractivity (Wildman–Crippen MR) is 108 cm³/mol. The first-order valence-corrected chi connectivity index (χ1v) is 9.76. The Labute approximate surface area is 169 Å². The van der Waals surface area contributed by atoms with Crippen LogP contribution in [0.4, 0.5) is 11.4 Å². The molecule has 0 saturated carbocycles. The third-order valence-corrected chi connectivity index (χ3v) is 4.66. The lowest BCUT2D eigenvalue weighted by Gasteiger charge is -2.17. The maximum absolute atomic E-state index is 12.3. The Kier molecular flexibility index (Phi) is 8.60. The van der Waals surface area contributed by atoms with Crippen molar-refractivity contribution in [2.24, 2.45) is 0 Å². The Balaban J connectivity index is 1.95. The molecule has 1 aliphatic carbocycles. The van der Waals surface area contributed by atoms with Gasteiger partial charge in [-0.1, -0.05) is 11.6 Å². The van der Waals surface area contributed by atoms with Crippen molar-refractivity contribution in [3.05, 3.63) is 40.0 Å². The molecular weight excluding hydrogens is 378 g/mol. The molecule has 9 nitrogen and oxygen atoms in total. The zero-order valence-corrected chi connectivity index (χ0v) is 16.5. The Bertz CT molecular complexity index is 777. The molecule has 1 aliphatic rings. The van der Waals surface area contributed by atoms with E-state index in [1.165, 1.54) is 30.2 Å². The number of hydrogen-bond acceptors (Lipinski definition) is 6. The summed E-state index contributed by atoms with van der Waals surface area (Å²) in [5.74, 6) is -1.44. The zero-order valence-electron chi connectivity index (χ0n) is 16.5. The number of allylic oxidation sites excluding steroid dienone is 1. The van der Waals surface area contributed by atoms with Crippen molar-refractivity contribution >= 4 is 23.3 Å². The Morgan fingerprint density at radius 1 is 1.34 bits per heavy atom. The summed E-state index contributed by atoms with van der Waals surface area (Å²) in [7, 11) is 0. The first-order chi connectivity index (χ1) is 13.9. The molecule has 1 amide bonds. The van der Waals surface area contributed by atoms with Crippen molar-refractivity contribution in [2.75, 3.05) is 18.5 Å². The van der Waals surface area contributed by atoms with Crippen LogP contribution in [0.15, 0.2) is 29.8 Å². The van der Waals surface area contributed by atoms with Gasteiger partial charge in [0.25, 0.3) is 5.69 Å². The maximum atomic E-state index is 12.3. The Morgan fingerprint density at radius 2 is 2.14 bits per heavy atom. The first-order valence-electron chi connectivity index (χ1n) is 9.76. The molecule has 0 heterocycles. The Morgan fingerprint density at radius 3 is 2.76 bits per heavy atom. The summed E-state index contributed by atoms with van der Waals surface area (Å²) in [6, 6.07) is 3.04. The minimum absolute atomic E-state index is 0.0000435. The van der Waals surface area contributed by atoms with E-state index in [2.05, 4.69) is 16.7 Å². The topological polar surface area (TPSA) is 131 Å². The van der Waals surface area contributed by atoms with Crippen molar-refractivity contribution in [3.63, 3.8) is 0 Å². The molecule has 1 aromatic rings. The molecule has 0 radical (unpaired) electrons. The second-order valence-corrected chi connectivity index (χ2v) is 6.82. The van der Waals surface area contributed by atoms with Crippen LogP contribution < -0.4 is 15.4 Å². The number of carboxylic acids is 1. The lowest BCUT2D eigenvalue weighted by atomic mass is 9.97. The maximum Gasteiger partial charge on any atom is 0.321 e. The van der Waals surface area contributed by atoms with Crippen LogP contribution >= 0.6 is 0 Å².